The van der Waals surface area contributed by atoms with Crippen LogP contribution >= 0.6 is 38.5 Å². The summed E-state index contributed by atoms with van der Waals surface area (Å²) in [5.74, 6) is 0.881. The Balaban J connectivity index is 1.95. The molecule has 88 valence electrons. The van der Waals surface area contributed by atoms with Crippen molar-refractivity contribution in [2.24, 2.45) is 5.92 Å². The molecule has 1 saturated carbocycles. The lowest BCUT2D eigenvalue weighted by Crippen LogP contribution is -2.08. The first kappa shape index (κ1) is 12.9. The predicted molar refractivity (Wildman–Crippen MR) is 82.2 cm³/mol. The zero-order valence-electron chi connectivity index (χ0n) is 9.46. The second kappa shape index (κ2) is 6.39. The number of rotatable bonds is 2. The third-order valence-electron chi connectivity index (χ3n) is 3.41. The fourth-order valence-corrected chi connectivity index (χ4v) is 3.75. The summed E-state index contributed by atoms with van der Waals surface area (Å²) in [5, 5.41) is 0. The summed E-state index contributed by atoms with van der Waals surface area (Å²) in [5.41, 5.74) is 1.51. The van der Waals surface area contributed by atoms with E-state index in [-0.39, 0.29) is 0 Å². The highest BCUT2D eigenvalue weighted by molar-refractivity contribution is 14.1. The second-order valence-electron chi connectivity index (χ2n) is 4.81. The van der Waals surface area contributed by atoms with E-state index in [1.54, 1.807) is 0 Å². The fraction of sp³-hybridized carbons (Fsp3) is 0.571. The van der Waals surface area contributed by atoms with E-state index in [1.165, 1.54) is 47.7 Å². The largest absolute Gasteiger partial charge is 0.0891 e. The summed E-state index contributed by atoms with van der Waals surface area (Å²) < 4.78 is 1.33. The number of halogens is 2. The molecule has 1 aromatic carbocycles. The van der Waals surface area contributed by atoms with Gasteiger partial charge < -0.3 is 0 Å². The van der Waals surface area contributed by atoms with Gasteiger partial charge in [0.15, 0.2) is 0 Å². The van der Waals surface area contributed by atoms with Gasteiger partial charge in [-0.1, -0.05) is 47.3 Å². The lowest BCUT2D eigenvalue weighted by Gasteiger charge is -2.16. The second-order valence-corrected chi connectivity index (χ2v) is 7.35. The van der Waals surface area contributed by atoms with E-state index in [0.717, 1.165) is 10.7 Å². The van der Waals surface area contributed by atoms with Crippen molar-refractivity contribution < 1.29 is 0 Å². The van der Waals surface area contributed by atoms with Crippen LogP contribution in [0.5, 0.6) is 0 Å². The van der Waals surface area contributed by atoms with Gasteiger partial charge in [-0.3, -0.25) is 0 Å². The van der Waals surface area contributed by atoms with Crippen molar-refractivity contribution in [1.82, 2.24) is 0 Å². The molecule has 0 bridgehead atoms. The van der Waals surface area contributed by atoms with Gasteiger partial charge in [-0.2, -0.15) is 0 Å². The molecule has 1 aliphatic rings. The number of alkyl halides is 1. The van der Waals surface area contributed by atoms with E-state index in [1.807, 2.05) is 0 Å². The van der Waals surface area contributed by atoms with Gasteiger partial charge in [0.1, 0.15) is 0 Å². The summed E-state index contributed by atoms with van der Waals surface area (Å²) in [4.78, 5) is 0.754. The zero-order valence-corrected chi connectivity index (χ0v) is 13.2. The van der Waals surface area contributed by atoms with E-state index in [2.05, 4.69) is 62.8 Å². The van der Waals surface area contributed by atoms with Crippen molar-refractivity contribution in [2.75, 3.05) is 0 Å². The number of hydrogen-bond donors (Lipinski definition) is 0. The molecule has 0 N–H and O–H groups in total. The quantitative estimate of drug-likeness (QED) is 0.369. The van der Waals surface area contributed by atoms with Gasteiger partial charge in [0.05, 0.1) is 0 Å². The maximum absolute atomic E-state index is 3.80. The Morgan fingerprint density at radius 2 is 1.81 bits per heavy atom. The van der Waals surface area contributed by atoms with Crippen LogP contribution in [0.15, 0.2) is 24.3 Å². The number of benzene rings is 1. The highest BCUT2D eigenvalue weighted by Crippen LogP contribution is 2.30. The van der Waals surface area contributed by atoms with Crippen LogP contribution in [-0.4, -0.2) is 4.83 Å². The Labute approximate surface area is 120 Å². The molecule has 0 aromatic heterocycles. The number of hydrogen-bond acceptors (Lipinski definition) is 0. The summed E-state index contributed by atoms with van der Waals surface area (Å²) >= 11 is 6.17. The monoisotopic (exact) mass is 392 g/mol. The summed E-state index contributed by atoms with van der Waals surface area (Å²) in [6.45, 7) is 0. The van der Waals surface area contributed by atoms with Crippen LogP contribution in [0, 0.1) is 9.49 Å². The van der Waals surface area contributed by atoms with Crippen LogP contribution in [0.3, 0.4) is 0 Å². The topological polar surface area (TPSA) is 0 Å². The molecule has 0 spiro atoms. The molecule has 0 saturated heterocycles. The van der Waals surface area contributed by atoms with Gasteiger partial charge in [0.2, 0.25) is 0 Å². The Morgan fingerprint density at radius 1 is 1.12 bits per heavy atom. The summed E-state index contributed by atoms with van der Waals surface area (Å²) in [7, 11) is 0. The van der Waals surface area contributed by atoms with E-state index >= 15 is 0 Å². The van der Waals surface area contributed by atoms with Gasteiger partial charge in [0, 0.05) is 8.40 Å². The molecule has 2 rings (SSSR count). The third-order valence-corrected chi connectivity index (χ3v) is 4.96. The maximum Gasteiger partial charge on any atom is 0.0148 e. The first-order valence-electron chi connectivity index (χ1n) is 6.12. The van der Waals surface area contributed by atoms with Crippen LogP contribution < -0.4 is 0 Å². The first-order valence-corrected chi connectivity index (χ1v) is 8.12. The van der Waals surface area contributed by atoms with E-state index in [4.69, 9.17) is 0 Å². The molecule has 1 aromatic rings. The minimum Gasteiger partial charge on any atom is -0.0891 e. The smallest absolute Gasteiger partial charge is 0.0148 e. The van der Waals surface area contributed by atoms with Crippen LogP contribution in [0.2, 0.25) is 0 Å². The van der Waals surface area contributed by atoms with Gasteiger partial charge in [-0.25, -0.2) is 0 Å². The van der Waals surface area contributed by atoms with Crippen LogP contribution in [-0.2, 0) is 6.42 Å². The van der Waals surface area contributed by atoms with E-state index < -0.39 is 0 Å². The molecule has 0 amide bonds. The molecule has 1 aliphatic carbocycles. The van der Waals surface area contributed by atoms with Crippen molar-refractivity contribution >= 4 is 38.5 Å². The van der Waals surface area contributed by atoms with Crippen molar-refractivity contribution in [2.45, 2.75) is 43.4 Å². The highest BCUT2D eigenvalue weighted by Gasteiger charge is 2.18. The molecule has 1 fully saturated rings. The normalized spacial score (nSPS) is 26.4. The molecule has 0 radical (unpaired) electrons. The van der Waals surface area contributed by atoms with Gasteiger partial charge in [-0.15, -0.1) is 0 Å². The van der Waals surface area contributed by atoms with Crippen molar-refractivity contribution in [1.29, 1.82) is 0 Å². The summed E-state index contributed by atoms with van der Waals surface area (Å²) in [6.07, 6.45) is 8.21. The first-order chi connectivity index (χ1) is 7.74. The molecular weight excluding hydrogens is 375 g/mol. The maximum atomic E-state index is 3.80. The third kappa shape index (κ3) is 4.02. The average molecular weight is 393 g/mol. The molecular formula is C14H18BrI. The Hall–Kier alpha value is 0.430. The lowest BCUT2D eigenvalue weighted by molar-refractivity contribution is 0.463. The molecule has 2 atom stereocenters. The van der Waals surface area contributed by atoms with Gasteiger partial charge >= 0.3 is 0 Å². The summed E-state index contributed by atoms with van der Waals surface area (Å²) in [6, 6.07) is 9.02. The molecule has 2 heteroatoms. The highest BCUT2D eigenvalue weighted by atomic mass is 127. The Morgan fingerprint density at radius 3 is 2.56 bits per heavy atom. The van der Waals surface area contributed by atoms with Crippen molar-refractivity contribution in [3.05, 3.63) is 33.4 Å². The van der Waals surface area contributed by atoms with Crippen molar-refractivity contribution in [3.63, 3.8) is 0 Å². The lowest BCUT2D eigenvalue weighted by atomic mass is 9.92. The van der Waals surface area contributed by atoms with Crippen molar-refractivity contribution in [3.8, 4) is 0 Å². The zero-order chi connectivity index (χ0) is 11.4. The minimum atomic E-state index is 0.754. The SMILES string of the molecule is BrC1CCCCC(Cc2ccc(I)cc2)C1. The molecule has 2 unspecified atom stereocenters. The molecule has 0 nitrogen and oxygen atoms in total. The Kier molecular flexibility index (Phi) is 5.14. The minimum absolute atomic E-state index is 0.754. The molecule has 0 heterocycles. The van der Waals surface area contributed by atoms with E-state index in [0.29, 0.717) is 0 Å². The average Bonchev–Trinajstić information content (AvgIpc) is 2.46. The van der Waals surface area contributed by atoms with Gasteiger partial charge in [-0.05, 0) is 65.5 Å². The standard InChI is InChI=1S/C14H18BrI/c15-13-4-2-1-3-12(10-13)9-11-5-7-14(16)8-6-11/h5-8,12-13H,1-4,9-10H2. The molecule has 0 aliphatic heterocycles. The predicted octanol–water partition coefficient (Wildman–Crippen LogP) is 5.18. The fourth-order valence-electron chi connectivity index (χ4n) is 2.54. The van der Waals surface area contributed by atoms with Gasteiger partial charge in [0.25, 0.3) is 0 Å². The van der Waals surface area contributed by atoms with Crippen LogP contribution in [0.4, 0.5) is 0 Å². The molecule has 16 heavy (non-hydrogen) atoms. The Bertz CT molecular complexity index is 320. The van der Waals surface area contributed by atoms with Crippen LogP contribution in [0.25, 0.3) is 0 Å². The van der Waals surface area contributed by atoms with E-state index in [9.17, 15) is 0 Å². The van der Waals surface area contributed by atoms with Crippen LogP contribution in [0.1, 0.15) is 37.7 Å².